The molecular formula is C13H20N2O2. The van der Waals surface area contributed by atoms with E-state index in [4.69, 9.17) is 10.5 Å². The number of carbonyl (C=O) groups excluding carboxylic acids is 1. The average molecular weight is 236 g/mol. The molecule has 0 heterocycles. The van der Waals surface area contributed by atoms with Gasteiger partial charge in [0, 0.05) is 24.4 Å². The Kier molecular flexibility index (Phi) is 4.97. The molecule has 94 valence electrons. The van der Waals surface area contributed by atoms with Crippen LogP contribution in [0, 0.1) is 6.92 Å². The summed E-state index contributed by atoms with van der Waals surface area (Å²) < 4.78 is 5.33. The first-order valence-electron chi connectivity index (χ1n) is 5.80. The van der Waals surface area contributed by atoms with Crippen molar-refractivity contribution in [2.75, 3.05) is 18.9 Å². The second kappa shape index (κ2) is 6.25. The van der Waals surface area contributed by atoms with Crippen LogP contribution in [0.5, 0.6) is 0 Å². The zero-order valence-electron chi connectivity index (χ0n) is 10.6. The Morgan fingerprint density at radius 2 is 2.24 bits per heavy atom. The molecule has 1 aromatic carbocycles. The zero-order valence-corrected chi connectivity index (χ0v) is 10.6. The van der Waals surface area contributed by atoms with Crippen LogP contribution in [0.1, 0.15) is 29.8 Å². The van der Waals surface area contributed by atoms with Gasteiger partial charge in [-0.1, -0.05) is 6.07 Å². The molecule has 0 aliphatic rings. The summed E-state index contributed by atoms with van der Waals surface area (Å²) in [7, 11) is 0. The number of amides is 1. The van der Waals surface area contributed by atoms with Crippen LogP contribution >= 0.6 is 0 Å². The summed E-state index contributed by atoms with van der Waals surface area (Å²) in [6.45, 7) is 6.91. The lowest BCUT2D eigenvalue weighted by molar-refractivity contribution is 0.0695. The van der Waals surface area contributed by atoms with E-state index in [-0.39, 0.29) is 12.0 Å². The summed E-state index contributed by atoms with van der Waals surface area (Å²) in [6, 6.07) is 5.30. The van der Waals surface area contributed by atoms with E-state index in [1.807, 2.05) is 26.8 Å². The van der Waals surface area contributed by atoms with E-state index in [1.54, 1.807) is 12.1 Å². The first-order valence-corrected chi connectivity index (χ1v) is 5.80. The number of carbonyl (C=O) groups is 1. The van der Waals surface area contributed by atoms with Gasteiger partial charge in [0.2, 0.25) is 0 Å². The first kappa shape index (κ1) is 13.5. The van der Waals surface area contributed by atoms with Gasteiger partial charge in [-0.25, -0.2) is 0 Å². The lowest BCUT2D eigenvalue weighted by Gasteiger charge is -2.13. The fraction of sp³-hybridized carbons (Fsp3) is 0.462. The Morgan fingerprint density at radius 3 is 2.82 bits per heavy atom. The molecule has 0 bridgehead atoms. The average Bonchev–Trinajstić information content (AvgIpc) is 2.30. The van der Waals surface area contributed by atoms with Gasteiger partial charge in [0.15, 0.2) is 0 Å². The van der Waals surface area contributed by atoms with E-state index in [2.05, 4.69) is 5.32 Å². The molecule has 1 unspecified atom stereocenters. The van der Waals surface area contributed by atoms with Crippen molar-refractivity contribution in [2.45, 2.75) is 26.9 Å². The van der Waals surface area contributed by atoms with Crippen LogP contribution in [-0.2, 0) is 4.74 Å². The topological polar surface area (TPSA) is 64.3 Å². The molecule has 4 heteroatoms. The molecule has 0 saturated heterocycles. The number of rotatable bonds is 5. The summed E-state index contributed by atoms with van der Waals surface area (Å²) in [5.41, 5.74) is 7.95. The molecule has 0 aliphatic carbocycles. The second-order valence-corrected chi connectivity index (χ2v) is 4.05. The fourth-order valence-corrected chi connectivity index (χ4v) is 1.46. The number of hydrogen-bond acceptors (Lipinski definition) is 3. The van der Waals surface area contributed by atoms with Crippen molar-refractivity contribution in [2.24, 2.45) is 0 Å². The molecule has 0 aliphatic heterocycles. The number of benzene rings is 1. The standard InChI is InChI=1S/C13H20N2O2/c1-4-17-10(3)8-15-13(16)11-6-5-9(2)12(14)7-11/h5-7,10H,4,8,14H2,1-3H3,(H,15,16). The number of anilines is 1. The largest absolute Gasteiger partial charge is 0.398 e. The van der Waals surface area contributed by atoms with Crippen molar-refractivity contribution in [1.29, 1.82) is 0 Å². The van der Waals surface area contributed by atoms with Crippen LogP contribution < -0.4 is 11.1 Å². The van der Waals surface area contributed by atoms with Gasteiger partial charge in [-0.2, -0.15) is 0 Å². The van der Waals surface area contributed by atoms with E-state index in [0.29, 0.717) is 24.4 Å². The number of nitrogen functional groups attached to an aromatic ring is 1. The van der Waals surface area contributed by atoms with Crippen LogP contribution in [-0.4, -0.2) is 25.2 Å². The van der Waals surface area contributed by atoms with Gasteiger partial charge in [0.1, 0.15) is 0 Å². The third-order valence-corrected chi connectivity index (χ3v) is 2.54. The van der Waals surface area contributed by atoms with Crippen LogP contribution in [0.25, 0.3) is 0 Å². The first-order chi connectivity index (χ1) is 8.04. The Bertz CT molecular complexity index is 391. The summed E-state index contributed by atoms with van der Waals surface area (Å²) in [4.78, 5) is 11.8. The summed E-state index contributed by atoms with van der Waals surface area (Å²) >= 11 is 0. The SMILES string of the molecule is CCOC(C)CNC(=O)c1ccc(C)c(N)c1. The van der Waals surface area contributed by atoms with Gasteiger partial charge in [-0.15, -0.1) is 0 Å². The van der Waals surface area contributed by atoms with Crippen molar-refractivity contribution in [3.05, 3.63) is 29.3 Å². The van der Waals surface area contributed by atoms with E-state index >= 15 is 0 Å². The molecule has 4 nitrogen and oxygen atoms in total. The van der Waals surface area contributed by atoms with E-state index in [1.165, 1.54) is 0 Å². The Morgan fingerprint density at radius 1 is 1.53 bits per heavy atom. The van der Waals surface area contributed by atoms with Crippen molar-refractivity contribution in [3.63, 3.8) is 0 Å². The highest BCUT2D eigenvalue weighted by atomic mass is 16.5. The number of nitrogens with two attached hydrogens (primary N) is 1. The van der Waals surface area contributed by atoms with Crippen molar-refractivity contribution < 1.29 is 9.53 Å². The molecular weight excluding hydrogens is 216 g/mol. The molecule has 1 rings (SSSR count). The highest BCUT2D eigenvalue weighted by Gasteiger charge is 2.08. The molecule has 0 aromatic heterocycles. The number of ether oxygens (including phenoxy) is 1. The minimum atomic E-state index is -0.122. The van der Waals surface area contributed by atoms with E-state index in [9.17, 15) is 4.79 Å². The third-order valence-electron chi connectivity index (χ3n) is 2.54. The predicted molar refractivity (Wildman–Crippen MR) is 69.0 cm³/mol. The second-order valence-electron chi connectivity index (χ2n) is 4.05. The number of aryl methyl sites for hydroxylation is 1. The maximum absolute atomic E-state index is 11.8. The molecule has 1 aromatic rings. The monoisotopic (exact) mass is 236 g/mol. The number of hydrogen-bond donors (Lipinski definition) is 2. The third kappa shape index (κ3) is 4.07. The minimum absolute atomic E-state index is 0.0201. The molecule has 1 amide bonds. The highest BCUT2D eigenvalue weighted by Crippen LogP contribution is 2.12. The summed E-state index contributed by atoms with van der Waals surface area (Å²) in [5.74, 6) is -0.122. The normalized spacial score (nSPS) is 12.2. The van der Waals surface area contributed by atoms with Crippen molar-refractivity contribution in [3.8, 4) is 0 Å². The molecule has 0 spiro atoms. The molecule has 1 atom stereocenters. The van der Waals surface area contributed by atoms with E-state index < -0.39 is 0 Å². The summed E-state index contributed by atoms with van der Waals surface area (Å²) in [6.07, 6.45) is 0.0201. The quantitative estimate of drug-likeness (QED) is 0.765. The van der Waals surface area contributed by atoms with E-state index in [0.717, 1.165) is 5.56 Å². The Balaban J connectivity index is 2.55. The lowest BCUT2D eigenvalue weighted by Crippen LogP contribution is -2.32. The van der Waals surface area contributed by atoms with Crippen LogP contribution in [0.4, 0.5) is 5.69 Å². The van der Waals surface area contributed by atoms with Gasteiger partial charge >= 0.3 is 0 Å². The molecule has 0 radical (unpaired) electrons. The highest BCUT2D eigenvalue weighted by molar-refractivity contribution is 5.95. The zero-order chi connectivity index (χ0) is 12.8. The molecule has 0 saturated carbocycles. The Hall–Kier alpha value is -1.55. The summed E-state index contributed by atoms with van der Waals surface area (Å²) in [5, 5.41) is 2.81. The van der Waals surface area contributed by atoms with Crippen molar-refractivity contribution in [1.82, 2.24) is 5.32 Å². The van der Waals surface area contributed by atoms with Crippen LogP contribution in [0.3, 0.4) is 0 Å². The number of nitrogens with one attached hydrogen (secondary N) is 1. The van der Waals surface area contributed by atoms with Gasteiger partial charge < -0.3 is 15.8 Å². The maximum Gasteiger partial charge on any atom is 0.251 e. The van der Waals surface area contributed by atoms with Gasteiger partial charge in [-0.05, 0) is 38.5 Å². The predicted octanol–water partition coefficient (Wildman–Crippen LogP) is 1.73. The minimum Gasteiger partial charge on any atom is -0.398 e. The van der Waals surface area contributed by atoms with Crippen LogP contribution in [0.15, 0.2) is 18.2 Å². The molecule has 0 fully saturated rings. The lowest BCUT2D eigenvalue weighted by atomic mass is 10.1. The smallest absolute Gasteiger partial charge is 0.251 e. The Labute approximate surface area is 102 Å². The molecule has 17 heavy (non-hydrogen) atoms. The van der Waals surface area contributed by atoms with Gasteiger partial charge in [0.25, 0.3) is 5.91 Å². The van der Waals surface area contributed by atoms with Gasteiger partial charge in [0.05, 0.1) is 6.10 Å². The van der Waals surface area contributed by atoms with Gasteiger partial charge in [-0.3, -0.25) is 4.79 Å². The fourth-order valence-electron chi connectivity index (χ4n) is 1.46. The maximum atomic E-state index is 11.8. The van der Waals surface area contributed by atoms with Crippen molar-refractivity contribution >= 4 is 11.6 Å². The van der Waals surface area contributed by atoms with Crippen LogP contribution in [0.2, 0.25) is 0 Å². The molecule has 3 N–H and O–H groups in total.